The first-order valence-electron chi connectivity index (χ1n) is 7.53. The van der Waals surface area contributed by atoms with Gasteiger partial charge < -0.3 is 10.1 Å². The van der Waals surface area contributed by atoms with Gasteiger partial charge in [-0.05, 0) is 56.1 Å². The first-order valence-corrected chi connectivity index (χ1v) is 7.53. The van der Waals surface area contributed by atoms with E-state index in [1.54, 1.807) is 0 Å². The van der Waals surface area contributed by atoms with Crippen LogP contribution < -0.4 is 10.1 Å². The van der Waals surface area contributed by atoms with Gasteiger partial charge in [-0.2, -0.15) is 0 Å². The molecular formula is C19H25NO. The van der Waals surface area contributed by atoms with E-state index in [4.69, 9.17) is 4.74 Å². The van der Waals surface area contributed by atoms with Crippen LogP contribution in [-0.4, -0.2) is 7.05 Å². The van der Waals surface area contributed by atoms with Crippen molar-refractivity contribution < 1.29 is 4.74 Å². The molecule has 1 N–H and O–H groups in total. The van der Waals surface area contributed by atoms with Crippen LogP contribution in [0.3, 0.4) is 0 Å². The van der Waals surface area contributed by atoms with E-state index < -0.39 is 0 Å². The minimum Gasteiger partial charge on any atom is -0.457 e. The molecule has 2 aromatic carbocycles. The van der Waals surface area contributed by atoms with Gasteiger partial charge in [0.25, 0.3) is 0 Å². The van der Waals surface area contributed by atoms with Crippen molar-refractivity contribution in [2.75, 3.05) is 7.05 Å². The van der Waals surface area contributed by atoms with Crippen molar-refractivity contribution in [2.24, 2.45) is 0 Å². The Kier molecular flexibility index (Phi) is 5.03. The van der Waals surface area contributed by atoms with E-state index in [9.17, 15) is 0 Å². The van der Waals surface area contributed by atoms with Crippen molar-refractivity contribution in [3.05, 3.63) is 58.7 Å². The largest absolute Gasteiger partial charge is 0.457 e. The second kappa shape index (κ2) is 6.77. The van der Waals surface area contributed by atoms with E-state index in [1.165, 1.54) is 22.3 Å². The van der Waals surface area contributed by atoms with Crippen LogP contribution in [0.15, 0.2) is 36.4 Å². The lowest BCUT2D eigenvalue weighted by molar-refractivity contribution is 0.473. The molecule has 2 rings (SSSR count). The maximum Gasteiger partial charge on any atom is 0.131 e. The van der Waals surface area contributed by atoms with Gasteiger partial charge in [0.2, 0.25) is 0 Å². The van der Waals surface area contributed by atoms with Crippen LogP contribution in [0.2, 0.25) is 0 Å². The molecular weight excluding hydrogens is 258 g/mol. The van der Waals surface area contributed by atoms with Gasteiger partial charge in [0.05, 0.1) is 0 Å². The molecule has 0 unspecified atom stereocenters. The molecule has 2 aromatic rings. The molecule has 0 aliphatic carbocycles. The minimum absolute atomic E-state index is 0.540. The smallest absolute Gasteiger partial charge is 0.131 e. The molecule has 0 saturated carbocycles. The number of hydrogen-bond donors (Lipinski definition) is 1. The second-order valence-corrected chi connectivity index (χ2v) is 5.92. The predicted octanol–water partition coefficient (Wildman–Crippen LogP) is 4.94. The number of ether oxygens (including phenoxy) is 1. The quantitative estimate of drug-likeness (QED) is 0.839. The summed E-state index contributed by atoms with van der Waals surface area (Å²) in [5.74, 6) is 2.36. The zero-order valence-corrected chi connectivity index (χ0v) is 13.7. The Balaban J connectivity index is 2.28. The van der Waals surface area contributed by atoms with Crippen LogP contribution >= 0.6 is 0 Å². The van der Waals surface area contributed by atoms with Gasteiger partial charge in [0.15, 0.2) is 0 Å². The molecule has 0 amide bonds. The lowest BCUT2D eigenvalue weighted by Crippen LogP contribution is -2.06. The second-order valence-electron chi connectivity index (χ2n) is 5.92. The highest BCUT2D eigenvalue weighted by molar-refractivity contribution is 5.43. The van der Waals surface area contributed by atoms with Crippen molar-refractivity contribution >= 4 is 0 Å². The first-order chi connectivity index (χ1) is 10.0. The maximum absolute atomic E-state index is 6.09. The summed E-state index contributed by atoms with van der Waals surface area (Å²) in [6, 6.07) is 12.7. The summed E-state index contributed by atoms with van der Waals surface area (Å²) >= 11 is 0. The van der Waals surface area contributed by atoms with Gasteiger partial charge in [-0.15, -0.1) is 0 Å². The first kappa shape index (κ1) is 15.6. The molecule has 0 radical (unpaired) electrons. The summed E-state index contributed by atoms with van der Waals surface area (Å²) in [6.07, 6.45) is 0. The van der Waals surface area contributed by atoms with E-state index >= 15 is 0 Å². The average Bonchev–Trinajstić information content (AvgIpc) is 2.42. The average molecular weight is 283 g/mol. The Morgan fingerprint density at radius 3 is 2.43 bits per heavy atom. The van der Waals surface area contributed by atoms with Crippen LogP contribution in [0.1, 0.15) is 42.0 Å². The fourth-order valence-corrected chi connectivity index (χ4v) is 2.62. The minimum atomic E-state index is 0.540. The number of nitrogens with one attached hydrogen (secondary N) is 1. The van der Waals surface area contributed by atoms with E-state index in [1.807, 2.05) is 13.1 Å². The van der Waals surface area contributed by atoms with E-state index in [-0.39, 0.29) is 0 Å². The Morgan fingerprint density at radius 1 is 1.05 bits per heavy atom. The summed E-state index contributed by atoms with van der Waals surface area (Å²) in [4.78, 5) is 0. The fraction of sp³-hybridized carbons (Fsp3) is 0.368. The number of rotatable bonds is 5. The lowest BCUT2D eigenvalue weighted by atomic mass is 9.98. The predicted molar refractivity (Wildman–Crippen MR) is 89.3 cm³/mol. The molecule has 0 fully saturated rings. The molecule has 0 atom stereocenters. The lowest BCUT2D eigenvalue weighted by Gasteiger charge is -2.15. The normalized spacial score (nSPS) is 11.0. The van der Waals surface area contributed by atoms with Gasteiger partial charge in [0.1, 0.15) is 11.5 Å². The summed E-state index contributed by atoms with van der Waals surface area (Å²) < 4.78 is 6.09. The third kappa shape index (κ3) is 3.85. The van der Waals surface area contributed by atoms with E-state index in [2.05, 4.69) is 63.3 Å². The van der Waals surface area contributed by atoms with E-state index in [0.717, 1.165) is 18.0 Å². The molecule has 112 valence electrons. The zero-order valence-electron chi connectivity index (χ0n) is 13.7. The Labute approximate surface area is 128 Å². The van der Waals surface area contributed by atoms with E-state index in [0.29, 0.717) is 5.92 Å². The fourth-order valence-electron chi connectivity index (χ4n) is 2.62. The highest BCUT2D eigenvalue weighted by Crippen LogP contribution is 2.29. The molecule has 0 aliphatic rings. The highest BCUT2D eigenvalue weighted by Gasteiger charge is 2.08. The molecule has 2 heteroatoms. The Bertz CT molecular complexity index is 617. The van der Waals surface area contributed by atoms with Crippen molar-refractivity contribution in [3.63, 3.8) is 0 Å². The third-order valence-electron chi connectivity index (χ3n) is 3.67. The van der Waals surface area contributed by atoms with Crippen molar-refractivity contribution in [1.82, 2.24) is 5.32 Å². The standard InChI is InChI=1S/C19H25NO/c1-13(2)18-8-7-17(11-15(18)4)21-19-9-6-14(3)10-16(19)12-20-5/h6-11,13,20H,12H2,1-5H3. The summed E-state index contributed by atoms with van der Waals surface area (Å²) in [5, 5.41) is 3.19. The summed E-state index contributed by atoms with van der Waals surface area (Å²) in [7, 11) is 1.95. The third-order valence-corrected chi connectivity index (χ3v) is 3.67. The topological polar surface area (TPSA) is 21.3 Å². The van der Waals surface area contributed by atoms with Gasteiger partial charge in [0, 0.05) is 12.1 Å². The van der Waals surface area contributed by atoms with Crippen LogP contribution in [0.25, 0.3) is 0 Å². The molecule has 21 heavy (non-hydrogen) atoms. The molecule has 0 saturated heterocycles. The van der Waals surface area contributed by atoms with Crippen LogP contribution in [-0.2, 0) is 6.54 Å². The summed E-state index contributed by atoms with van der Waals surface area (Å²) in [6.45, 7) is 9.48. The summed E-state index contributed by atoms with van der Waals surface area (Å²) in [5.41, 5.74) is 5.09. The van der Waals surface area contributed by atoms with Crippen LogP contribution in [0.5, 0.6) is 11.5 Å². The van der Waals surface area contributed by atoms with Gasteiger partial charge in [-0.1, -0.05) is 37.6 Å². The van der Waals surface area contributed by atoms with Crippen LogP contribution in [0, 0.1) is 13.8 Å². The van der Waals surface area contributed by atoms with Crippen LogP contribution in [0.4, 0.5) is 0 Å². The van der Waals surface area contributed by atoms with Crippen molar-refractivity contribution in [1.29, 1.82) is 0 Å². The molecule has 0 aromatic heterocycles. The van der Waals surface area contributed by atoms with Gasteiger partial charge in [-0.25, -0.2) is 0 Å². The highest BCUT2D eigenvalue weighted by atomic mass is 16.5. The van der Waals surface area contributed by atoms with Gasteiger partial charge in [-0.3, -0.25) is 0 Å². The molecule has 2 nitrogen and oxygen atoms in total. The van der Waals surface area contributed by atoms with Gasteiger partial charge >= 0.3 is 0 Å². The SMILES string of the molecule is CNCc1cc(C)ccc1Oc1ccc(C(C)C)c(C)c1. The number of hydrogen-bond acceptors (Lipinski definition) is 2. The molecule has 0 bridgehead atoms. The molecule has 0 aliphatic heterocycles. The number of aryl methyl sites for hydroxylation is 2. The molecule has 0 spiro atoms. The Hall–Kier alpha value is -1.80. The zero-order chi connectivity index (χ0) is 15.4. The number of benzene rings is 2. The maximum atomic E-state index is 6.09. The van der Waals surface area contributed by atoms with Crippen molar-refractivity contribution in [3.8, 4) is 11.5 Å². The molecule has 0 heterocycles. The van der Waals surface area contributed by atoms with Crippen molar-refractivity contribution in [2.45, 2.75) is 40.2 Å². The Morgan fingerprint density at radius 2 is 1.81 bits per heavy atom. The monoisotopic (exact) mass is 283 g/mol.